The van der Waals surface area contributed by atoms with E-state index < -0.39 is 17.1 Å². The molecule has 0 aliphatic heterocycles. The molecule has 0 amide bonds. The van der Waals surface area contributed by atoms with Crippen LogP contribution >= 0.6 is 11.8 Å². The Morgan fingerprint density at radius 1 is 0.741 bits per heavy atom. The third-order valence-corrected chi connectivity index (χ3v) is 10.2. The molecule has 5 aromatic carbocycles. The number of rotatable bonds is 13. The van der Waals surface area contributed by atoms with E-state index >= 15 is 0 Å². The minimum Gasteiger partial charge on any atom is -0.461 e. The van der Waals surface area contributed by atoms with Gasteiger partial charge >= 0.3 is 5.97 Å². The molecule has 0 saturated carbocycles. The molecule has 0 fully saturated rings. The summed E-state index contributed by atoms with van der Waals surface area (Å²) in [4.78, 5) is 18.0. The van der Waals surface area contributed by atoms with Crippen molar-refractivity contribution in [3.05, 3.63) is 173 Å². The Labute approximate surface area is 319 Å². The van der Waals surface area contributed by atoms with Crippen LogP contribution in [0.15, 0.2) is 145 Å². The normalized spacial score (nSPS) is 11.8. The van der Waals surface area contributed by atoms with Crippen molar-refractivity contribution in [1.82, 2.24) is 29.8 Å². The highest BCUT2D eigenvalue weighted by Crippen LogP contribution is 2.43. The lowest BCUT2D eigenvalue weighted by atomic mass is 9.77. The molecule has 2 heterocycles. The van der Waals surface area contributed by atoms with Crippen LogP contribution in [-0.4, -0.2) is 53.2 Å². The topological polar surface area (TPSA) is 108 Å². The molecule has 0 spiro atoms. The molecule has 7 rings (SSSR count). The number of ether oxygens (including phenoxy) is 1. The second kappa shape index (κ2) is 15.6. The number of esters is 1. The van der Waals surface area contributed by atoms with E-state index in [1.54, 1.807) is 20.8 Å². The predicted octanol–water partition coefficient (Wildman–Crippen LogP) is 8.61. The summed E-state index contributed by atoms with van der Waals surface area (Å²) in [7, 11) is 0. The van der Waals surface area contributed by atoms with E-state index in [9.17, 15) is 9.90 Å². The molecule has 0 atom stereocenters. The van der Waals surface area contributed by atoms with E-state index in [0.717, 1.165) is 44.7 Å². The first-order valence-corrected chi connectivity index (χ1v) is 19.0. The first kappa shape index (κ1) is 36.5. The van der Waals surface area contributed by atoms with Gasteiger partial charge in [0.05, 0.1) is 13.2 Å². The Bertz CT molecular complexity index is 2240. The van der Waals surface area contributed by atoms with E-state index in [1.165, 1.54) is 11.8 Å². The number of imidazole rings is 1. The van der Waals surface area contributed by atoms with Gasteiger partial charge in [-0.1, -0.05) is 158 Å². The highest BCUT2D eigenvalue weighted by atomic mass is 32.2. The summed E-state index contributed by atoms with van der Waals surface area (Å²) in [5.74, 6) is 0.856. The number of aliphatic hydroxyl groups is 1. The molecular formula is C44H42N6O3S. The number of hydrogen-bond acceptors (Lipinski definition) is 8. The Morgan fingerprint density at radius 3 is 1.80 bits per heavy atom. The molecule has 272 valence electrons. The lowest BCUT2D eigenvalue weighted by molar-refractivity contribution is 0.0469. The second-order valence-corrected chi connectivity index (χ2v) is 14.6. The molecule has 0 saturated heterocycles. The van der Waals surface area contributed by atoms with Crippen molar-refractivity contribution in [3.63, 3.8) is 0 Å². The van der Waals surface area contributed by atoms with Gasteiger partial charge in [0.15, 0.2) is 16.7 Å². The standard InChI is InChI=1S/C44H42N6O3S/c1-5-53-41(51)38-39(43(3,4)52)45-42(54-6-2)49(38)30-31-26-28-32(29-27-31)36-24-16-17-25-37(36)40-46-47-48-50(40)44(33-18-10-7-11-19-33,34-20-12-8-13-21-34)35-22-14-9-15-23-35/h7-29,52H,5-6,30H2,1-4H3. The zero-order chi connectivity index (χ0) is 37.7. The van der Waals surface area contributed by atoms with E-state index in [4.69, 9.17) is 20.0 Å². The van der Waals surface area contributed by atoms with Gasteiger partial charge < -0.3 is 14.4 Å². The Morgan fingerprint density at radius 2 is 1.28 bits per heavy atom. The highest BCUT2D eigenvalue weighted by molar-refractivity contribution is 7.99. The lowest BCUT2D eigenvalue weighted by Gasteiger charge is -2.36. The van der Waals surface area contributed by atoms with Crippen molar-refractivity contribution >= 4 is 17.7 Å². The van der Waals surface area contributed by atoms with Crippen LogP contribution in [0.5, 0.6) is 0 Å². The maximum absolute atomic E-state index is 13.3. The summed E-state index contributed by atoms with van der Waals surface area (Å²) in [6, 6.07) is 47.5. The third-order valence-electron chi connectivity index (χ3n) is 9.39. The zero-order valence-corrected chi connectivity index (χ0v) is 31.6. The second-order valence-electron chi connectivity index (χ2n) is 13.4. The maximum Gasteiger partial charge on any atom is 0.357 e. The van der Waals surface area contributed by atoms with Gasteiger partial charge in [-0.3, -0.25) is 0 Å². The van der Waals surface area contributed by atoms with Crippen LogP contribution in [0.1, 0.15) is 66.1 Å². The van der Waals surface area contributed by atoms with Crippen molar-refractivity contribution in [2.75, 3.05) is 12.4 Å². The van der Waals surface area contributed by atoms with E-state index in [-0.39, 0.29) is 12.3 Å². The third kappa shape index (κ3) is 6.86. The molecule has 9 nitrogen and oxygen atoms in total. The van der Waals surface area contributed by atoms with Crippen molar-refractivity contribution in [3.8, 4) is 22.5 Å². The smallest absolute Gasteiger partial charge is 0.357 e. The molecule has 10 heteroatoms. The molecule has 0 radical (unpaired) electrons. The fraction of sp³-hybridized carbons (Fsp3) is 0.205. The maximum atomic E-state index is 13.3. The summed E-state index contributed by atoms with van der Waals surface area (Å²) in [5.41, 5.74) is 5.18. The fourth-order valence-electron chi connectivity index (χ4n) is 7.04. The van der Waals surface area contributed by atoms with Gasteiger partial charge in [-0.25, -0.2) is 14.5 Å². The Kier molecular flexibility index (Phi) is 10.6. The largest absolute Gasteiger partial charge is 0.461 e. The number of hydrogen-bond donors (Lipinski definition) is 1. The van der Waals surface area contributed by atoms with Crippen LogP contribution in [0.4, 0.5) is 0 Å². The minimum atomic E-state index is -1.33. The van der Waals surface area contributed by atoms with Crippen molar-refractivity contribution in [1.29, 1.82) is 0 Å². The van der Waals surface area contributed by atoms with Gasteiger partial charge in [-0.05, 0) is 70.3 Å². The molecule has 1 N–H and O–H groups in total. The van der Waals surface area contributed by atoms with Gasteiger partial charge in [0.1, 0.15) is 16.8 Å². The molecule has 54 heavy (non-hydrogen) atoms. The van der Waals surface area contributed by atoms with Crippen LogP contribution in [0, 0.1) is 0 Å². The minimum absolute atomic E-state index is 0.214. The quantitative estimate of drug-likeness (QED) is 0.0713. The number of benzene rings is 5. The summed E-state index contributed by atoms with van der Waals surface area (Å²) < 4.78 is 9.24. The van der Waals surface area contributed by atoms with Crippen LogP contribution in [-0.2, 0) is 22.4 Å². The predicted molar refractivity (Wildman–Crippen MR) is 212 cm³/mol. The molecular weight excluding hydrogens is 693 g/mol. The average molecular weight is 735 g/mol. The monoisotopic (exact) mass is 734 g/mol. The van der Waals surface area contributed by atoms with Crippen LogP contribution in [0.2, 0.25) is 0 Å². The van der Waals surface area contributed by atoms with Crippen LogP contribution in [0.25, 0.3) is 22.5 Å². The van der Waals surface area contributed by atoms with E-state index in [2.05, 4.69) is 78.0 Å². The number of carbonyl (C=O) groups excluding carboxylic acids is 1. The van der Waals surface area contributed by atoms with E-state index in [1.807, 2.05) is 82.9 Å². The van der Waals surface area contributed by atoms with Gasteiger partial charge in [0.2, 0.25) is 0 Å². The average Bonchev–Trinajstić information content (AvgIpc) is 3.83. The lowest BCUT2D eigenvalue weighted by Crippen LogP contribution is -2.39. The van der Waals surface area contributed by atoms with Gasteiger partial charge in [0, 0.05) is 5.56 Å². The molecule has 0 bridgehead atoms. The van der Waals surface area contributed by atoms with Crippen molar-refractivity contribution < 1.29 is 14.6 Å². The Balaban J connectivity index is 1.33. The SMILES string of the molecule is CCOC(=O)c1c(C(C)(C)O)nc(SCC)n1Cc1ccc(-c2ccccc2-c2nnnn2C(c2ccccc2)(c2ccccc2)c2ccccc2)cc1. The summed E-state index contributed by atoms with van der Waals surface area (Å²) in [6.45, 7) is 7.65. The molecule has 7 aromatic rings. The molecule has 0 aliphatic rings. The van der Waals surface area contributed by atoms with Gasteiger partial charge in [-0.15, -0.1) is 5.10 Å². The van der Waals surface area contributed by atoms with Crippen LogP contribution < -0.4 is 0 Å². The zero-order valence-electron chi connectivity index (χ0n) is 30.8. The molecule has 0 aliphatic carbocycles. The number of nitrogens with zero attached hydrogens (tertiary/aromatic N) is 6. The van der Waals surface area contributed by atoms with Gasteiger partial charge in [0.25, 0.3) is 0 Å². The molecule has 2 aromatic heterocycles. The molecule has 0 unspecified atom stereocenters. The van der Waals surface area contributed by atoms with E-state index in [0.29, 0.717) is 23.2 Å². The first-order chi connectivity index (χ1) is 26.3. The number of carbonyl (C=O) groups is 1. The summed E-state index contributed by atoms with van der Waals surface area (Å²) >= 11 is 1.52. The number of aromatic nitrogens is 6. The fourth-order valence-corrected chi connectivity index (χ4v) is 7.77. The Hall–Kier alpha value is -5.84. The number of thioether (sulfide) groups is 1. The first-order valence-electron chi connectivity index (χ1n) is 18.0. The van der Waals surface area contributed by atoms with Crippen molar-refractivity contribution in [2.24, 2.45) is 0 Å². The summed E-state index contributed by atoms with van der Waals surface area (Å²) in [6.07, 6.45) is 0. The van der Waals surface area contributed by atoms with Crippen LogP contribution in [0.3, 0.4) is 0 Å². The van der Waals surface area contributed by atoms with Crippen molar-refractivity contribution in [2.45, 2.75) is 50.5 Å². The summed E-state index contributed by atoms with van der Waals surface area (Å²) in [5, 5.41) is 25.4. The van der Waals surface area contributed by atoms with Gasteiger partial charge in [-0.2, -0.15) is 0 Å². The number of tetrazole rings is 1. The highest BCUT2D eigenvalue weighted by Gasteiger charge is 2.42.